The Hall–Kier alpha value is -1.03. The molecule has 1 aliphatic rings. The minimum absolute atomic E-state index is 0.348. The summed E-state index contributed by atoms with van der Waals surface area (Å²) in [5.74, 6) is 0.356. The molecule has 1 saturated carbocycles. The van der Waals surface area contributed by atoms with Crippen LogP contribution in [0.25, 0.3) is 0 Å². The number of hydrogen-bond acceptors (Lipinski definition) is 2. The maximum absolute atomic E-state index is 11.3. The van der Waals surface area contributed by atoms with E-state index in [-0.39, 0.29) is 0 Å². The van der Waals surface area contributed by atoms with Crippen molar-refractivity contribution in [2.24, 2.45) is 11.8 Å². The van der Waals surface area contributed by atoms with Crippen molar-refractivity contribution in [2.75, 3.05) is 5.32 Å². The van der Waals surface area contributed by atoms with Crippen LogP contribution in [0, 0.1) is 11.8 Å². The highest BCUT2D eigenvalue weighted by molar-refractivity contribution is 9.10. The summed E-state index contributed by atoms with van der Waals surface area (Å²) in [7, 11) is 0. The van der Waals surface area contributed by atoms with Crippen LogP contribution in [-0.4, -0.2) is 17.1 Å². The highest BCUT2D eigenvalue weighted by Gasteiger charge is 2.28. The molecule has 2 unspecified atom stereocenters. The number of anilines is 1. The van der Waals surface area contributed by atoms with Crippen LogP contribution in [0.4, 0.5) is 5.69 Å². The third kappa shape index (κ3) is 3.54. The smallest absolute Gasteiger partial charge is 0.337 e. The Morgan fingerprint density at radius 2 is 2.05 bits per heavy atom. The van der Waals surface area contributed by atoms with Crippen molar-refractivity contribution in [3.05, 3.63) is 28.2 Å². The van der Waals surface area contributed by atoms with Crippen LogP contribution >= 0.6 is 15.9 Å². The molecule has 2 atom stereocenters. The molecule has 110 valence electrons. The lowest BCUT2D eigenvalue weighted by atomic mass is 9.77. The van der Waals surface area contributed by atoms with Gasteiger partial charge in [0.2, 0.25) is 0 Å². The van der Waals surface area contributed by atoms with Gasteiger partial charge in [-0.05, 0) is 42.9 Å². The number of nitrogens with one attached hydrogen (secondary N) is 1. The van der Waals surface area contributed by atoms with Crippen LogP contribution in [0.15, 0.2) is 22.7 Å². The lowest BCUT2D eigenvalue weighted by Crippen LogP contribution is -2.35. The van der Waals surface area contributed by atoms with Gasteiger partial charge in [-0.1, -0.05) is 42.6 Å². The molecule has 0 saturated heterocycles. The molecule has 20 heavy (non-hydrogen) atoms. The van der Waals surface area contributed by atoms with Gasteiger partial charge < -0.3 is 10.4 Å². The molecule has 0 heterocycles. The Labute approximate surface area is 128 Å². The third-order valence-corrected chi connectivity index (χ3v) is 4.72. The van der Waals surface area contributed by atoms with E-state index < -0.39 is 5.97 Å². The number of hydrogen-bond donors (Lipinski definition) is 2. The highest BCUT2D eigenvalue weighted by atomic mass is 79.9. The van der Waals surface area contributed by atoms with Gasteiger partial charge in [0, 0.05) is 10.5 Å². The predicted octanol–water partition coefficient (Wildman–Crippen LogP) is 4.77. The molecule has 1 fully saturated rings. The molecule has 1 aromatic rings. The molecule has 1 aromatic carbocycles. The van der Waals surface area contributed by atoms with Crippen molar-refractivity contribution in [3.63, 3.8) is 0 Å². The van der Waals surface area contributed by atoms with Gasteiger partial charge in [0.15, 0.2) is 0 Å². The lowest BCUT2D eigenvalue weighted by molar-refractivity contribution is 0.0698. The first-order valence-corrected chi connectivity index (χ1v) is 8.07. The number of benzene rings is 1. The minimum atomic E-state index is -0.878. The topological polar surface area (TPSA) is 49.3 Å². The molecule has 0 amide bonds. The second kappa shape index (κ2) is 6.61. The molecule has 2 N–H and O–H groups in total. The van der Waals surface area contributed by atoms with Crippen LogP contribution in [0.2, 0.25) is 0 Å². The van der Waals surface area contributed by atoms with Gasteiger partial charge in [-0.15, -0.1) is 0 Å². The minimum Gasteiger partial charge on any atom is -0.478 e. The van der Waals surface area contributed by atoms with E-state index in [0.29, 0.717) is 23.4 Å². The summed E-state index contributed by atoms with van der Waals surface area (Å²) in [4.78, 5) is 11.3. The lowest BCUT2D eigenvalue weighted by Gasteiger charge is -2.35. The van der Waals surface area contributed by atoms with E-state index >= 15 is 0 Å². The number of rotatable bonds is 4. The molecule has 0 aromatic heterocycles. The fourth-order valence-corrected chi connectivity index (χ4v) is 3.52. The normalized spacial score (nSPS) is 22.8. The zero-order valence-corrected chi connectivity index (χ0v) is 13.6. The maximum Gasteiger partial charge on any atom is 0.337 e. The van der Waals surface area contributed by atoms with E-state index in [1.54, 1.807) is 12.1 Å². The van der Waals surface area contributed by atoms with Gasteiger partial charge in [-0.2, -0.15) is 0 Å². The SMILES string of the molecule is CC(C)C1CCCCC1Nc1cc(Br)ccc1C(=O)O. The Morgan fingerprint density at radius 3 is 2.70 bits per heavy atom. The first-order chi connectivity index (χ1) is 9.49. The fraction of sp³-hybridized carbons (Fsp3) is 0.562. The van der Waals surface area contributed by atoms with Crippen LogP contribution in [0.3, 0.4) is 0 Å². The largest absolute Gasteiger partial charge is 0.478 e. The Bertz CT molecular complexity index is 487. The molecule has 0 aliphatic heterocycles. The van der Waals surface area contributed by atoms with Crippen LogP contribution < -0.4 is 5.32 Å². The standard InChI is InChI=1S/C16H22BrNO2/c1-10(2)12-5-3-4-6-14(12)18-15-9-11(17)7-8-13(15)16(19)20/h7-10,12,14,18H,3-6H2,1-2H3,(H,19,20). The summed E-state index contributed by atoms with van der Waals surface area (Å²) in [5, 5.41) is 12.8. The zero-order valence-electron chi connectivity index (χ0n) is 12.0. The summed E-state index contributed by atoms with van der Waals surface area (Å²) in [6, 6.07) is 5.67. The third-order valence-electron chi connectivity index (χ3n) is 4.23. The van der Waals surface area contributed by atoms with Crippen molar-refractivity contribution in [2.45, 2.75) is 45.6 Å². The first-order valence-electron chi connectivity index (χ1n) is 7.28. The second-order valence-corrected chi connectivity index (χ2v) is 6.85. The predicted molar refractivity (Wildman–Crippen MR) is 85.3 cm³/mol. The van der Waals surface area contributed by atoms with Crippen molar-refractivity contribution >= 4 is 27.6 Å². The molecule has 0 bridgehead atoms. The molecular formula is C16H22BrNO2. The van der Waals surface area contributed by atoms with E-state index in [4.69, 9.17) is 0 Å². The molecule has 0 spiro atoms. The summed E-state index contributed by atoms with van der Waals surface area (Å²) in [5.41, 5.74) is 1.07. The Kier molecular flexibility index (Phi) is 5.08. The van der Waals surface area contributed by atoms with Crippen LogP contribution in [0.5, 0.6) is 0 Å². The van der Waals surface area contributed by atoms with Gasteiger partial charge >= 0.3 is 5.97 Å². The van der Waals surface area contributed by atoms with Gasteiger partial charge in [-0.3, -0.25) is 0 Å². The molecule has 4 heteroatoms. The van der Waals surface area contributed by atoms with E-state index in [9.17, 15) is 9.90 Å². The second-order valence-electron chi connectivity index (χ2n) is 5.94. The number of aromatic carboxylic acids is 1. The molecule has 2 rings (SSSR count). The number of carbonyl (C=O) groups is 1. The maximum atomic E-state index is 11.3. The van der Waals surface area contributed by atoms with Gasteiger partial charge in [0.25, 0.3) is 0 Å². The quantitative estimate of drug-likeness (QED) is 0.830. The molecule has 1 aliphatic carbocycles. The molecule has 0 radical (unpaired) electrons. The van der Waals surface area contributed by atoms with Crippen molar-refractivity contribution in [1.29, 1.82) is 0 Å². The zero-order chi connectivity index (χ0) is 14.7. The van der Waals surface area contributed by atoms with Crippen molar-refractivity contribution in [1.82, 2.24) is 0 Å². The Morgan fingerprint density at radius 1 is 1.35 bits per heavy atom. The summed E-state index contributed by atoms with van der Waals surface area (Å²) < 4.78 is 0.905. The summed E-state index contributed by atoms with van der Waals surface area (Å²) >= 11 is 3.42. The average molecular weight is 340 g/mol. The summed E-state index contributed by atoms with van der Waals surface area (Å²) in [6.07, 6.45) is 4.85. The van der Waals surface area contributed by atoms with E-state index in [0.717, 1.165) is 16.6 Å². The first kappa shape index (κ1) is 15.4. The van der Waals surface area contributed by atoms with Gasteiger partial charge in [0.1, 0.15) is 0 Å². The number of halogens is 1. The Balaban J connectivity index is 2.23. The van der Waals surface area contributed by atoms with E-state index in [1.165, 1.54) is 19.3 Å². The van der Waals surface area contributed by atoms with Crippen molar-refractivity contribution < 1.29 is 9.90 Å². The van der Waals surface area contributed by atoms with Crippen molar-refractivity contribution in [3.8, 4) is 0 Å². The summed E-state index contributed by atoms with van der Waals surface area (Å²) in [6.45, 7) is 4.51. The van der Waals surface area contributed by atoms with E-state index in [2.05, 4.69) is 35.1 Å². The average Bonchev–Trinajstić information content (AvgIpc) is 2.38. The molecular weight excluding hydrogens is 318 g/mol. The van der Waals surface area contributed by atoms with Crippen LogP contribution in [0.1, 0.15) is 49.9 Å². The highest BCUT2D eigenvalue weighted by Crippen LogP contribution is 2.33. The van der Waals surface area contributed by atoms with Gasteiger partial charge in [-0.25, -0.2) is 4.79 Å². The van der Waals surface area contributed by atoms with E-state index in [1.807, 2.05) is 6.07 Å². The fourth-order valence-electron chi connectivity index (χ4n) is 3.16. The number of carboxylic acid groups (broad SMARTS) is 1. The number of carboxylic acids is 1. The monoisotopic (exact) mass is 339 g/mol. The van der Waals surface area contributed by atoms with Crippen LogP contribution in [-0.2, 0) is 0 Å². The molecule has 3 nitrogen and oxygen atoms in total. The van der Waals surface area contributed by atoms with Gasteiger partial charge in [0.05, 0.1) is 11.3 Å².